The number of rotatable bonds is 2. The second-order valence-corrected chi connectivity index (χ2v) is 6.88. The van der Waals surface area contributed by atoms with Crippen LogP contribution < -0.4 is 10.6 Å². The van der Waals surface area contributed by atoms with Crippen molar-refractivity contribution in [1.29, 1.82) is 0 Å². The van der Waals surface area contributed by atoms with E-state index in [1.807, 2.05) is 0 Å². The molecule has 0 saturated carbocycles. The molecule has 0 aromatic carbocycles. The maximum absolute atomic E-state index is 13.6. The summed E-state index contributed by atoms with van der Waals surface area (Å²) in [5, 5.41) is 5.08. The Morgan fingerprint density at radius 2 is 1.84 bits per heavy atom. The molecule has 31 heavy (non-hydrogen) atoms. The van der Waals surface area contributed by atoms with Gasteiger partial charge >= 0.3 is 18.4 Å². The van der Waals surface area contributed by atoms with Gasteiger partial charge in [0.2, 0.25) is 6.10 Å². The van der Waals surface area contributed by atoms with Crippen molar-refractivity contribution < 1.29 is 35.9 Å². The number of nitrogens with zero attached hydrogens (tertiary/aromatic N) is 2. The topological polar surface area (TPSA) is 76.1 Å². The summed E-state index contributed by atoms with van der Waals surface area (Å²) in [4.78, 5) is 19.5. The molecular weight excluding hydrogens is 430 g/mol. The highest BCUT2D eigenvalue weighted by Crippen LogP contribution is 2.46. The van der Waals surface area contributed by atoms with Crippen LogP contribution in [0.5, 0.6) is 0 Å². The molecule has 0 fully saturated rings. The summed E-state index contributed by atoms with van der Waals surface area (Å²) >= 11 is 0. The summed E-state index contributed by atoms with van der Waals surface area (Å²) in [6.07, 6.45) is -10.6. The summed E-state index contributed by atoms with van der Waals surface area (Å²) in [6.45, 7) is 0.961. The van der Waals surface area contributed by atoms with Crippen molar-refractivity contribution in [3.8, 4) is 11.3 Å². The van der Waals surface area contributed by atoms with Gasteiger partial charge in [-0.15, -0.1) is 0 Å². The first-order valence-electron chi connectivity index (χ1n) is 9.07. The standard InChI is InChI=1S/C19H14F6N4O2/c20-18(21,22)10-7-12(9-1-4-26-5-2-9)28-13(8-10)11-3-6-27-16-14(11)15(19(23,24)25)31-17(30)29-16/h1,3,6-8,15,26H,2,4-5H2,(H,27,29,30)/t15-/m1/s1. The lowest BCUT2D eigenvalue weighted by atomic mass is 9.96. The fourth-order valence-electron chi connectivity index (χ4n) is 3.44. The van der Waals surface area contributed by atoms with Crippen LogP contribution >= 0.6 is 0 Å². The van der Waals surface area contributed by atoms with Crippen LogP contribution in [-0.4, -0.2) is 35.3 Å². The minimum Gasteiger partial charge on any atom is -0.431 e. The third-order valence-corrected chi connectivity index (χ3v) is 4.82. The first-order chi connectivity index (χ1) is 14.5. The molecule has 164 valence electrons. The number of alkyl halides is 6. The molecule has 2 aliphatic heterocycles. The molecule has 0 saturated heterocycles. The van der Waals surface area contributed by atoms with Gasteiger partial charge in [-0.25, -0.2) is 14.8 Å². The van der Waals surface area contributed by atoms with Crippen LogP contribution in [0.25, 0.3) is 16.8 Å². The van der Waals surface area contributed by atoms with Crippen LogP contribution in [0.1, 0.15) is 29.3 Å². The van der Waals surface area contributed by atoms with Crippen LogP contribution in [0.3, 0.4) is 0 Å². The Morgan fingerprint density at radius 3 is 2.48 bits per heavy atom. The Kier molecular flexibility index (Phi) is 5.12. The lowest BCUT2D eigenvalue weighted by molar-refractivity contribution is -0.206. The van der Waals surface area contributed by atoms with E-state index in [2.05, 4.69) is 25.3 Å². The number of cyclic esters (lactones) is 1. The number of aromatic nitrogens is 2. The second-order valence-electron chi connectivity index (χ2n) is 6.88. The van der Waals surface area contributed by atoms with Gasteiger partial charge in [-0.2, -0.15) is 26.3 Å². The normalized spacial score (nSPS) is 19.2. The number of hydrogen-bond donors (Lipinski definition) is 2. The molecule has 1 atom stereocenters. The van der Waals surface area contributed by atoms with E-state index >= 15 is 0 Å². The van der Waals surface area contributed by atoms with Crippen LogP contribution in [0.2, 0.25) is 0 Å². The van der Waals surface area contributed by atoms with Crippen molar-refractivity contribution in [3.63, 3.8) is 0 Å². The van der Waals surface area contributed by atoms with Gasteiger partial charge in [-0.1, -0.05) is 6.08 Å². The zero-order valence-corrected chi connectivity index (χ0v) is 15.6. The highest BCUT2D eigenvalue weighted by Gasteiger charge is 2.49. The van der Waals surface area contributed by atoms with Gasteiger partial charge in [0, 0.05) is 18.3 Å². The van der Waals surface area contributed by atoms with E-state index < -0.39 is 41.5 Å². The minimum atomic E-state index is -5.01. The van der Waals surface area contributed by atoms with Crippen molar-refractivity contribution in [2.75, 3.05) is 18.4 Å². The van der Waals surface area contributed by atoms with Gasteiger partial charge in [-0.3, -0.25) is 5.32 Å². The Labute approximate surface area is 171 Å². The van der Waals surface area contributed by atoms with E-state index in [9.17, 15) is 31.1 Å². The van der Waals surface area contributed by atoms with Crippen molar-refractivity contribution >= 4 is 17.5 Å². The highest BCUT2D eigenvalue weighted by atomic mass is 19.4. The average Bonchev–Trinajstić information content (AvgIpc) is 2.71. The Hall–Kier alpha value is -3.15. The van der Waals surface area contributed by atoms with Crippen molar-refractivity contribution in [3.05, 3.63) is 47.3 Å². The monoisotopic (exact) mass is 444 g/mol. The molecule has 4 heterocycles. The van der Waals surface area contributed by atoms with E-state index in [1.54, 1.807) is 6.08 Å². The maximum atomic E-state index is 13.6. The fraction of sp³-hybridized carbons (Fsp3) is 0.316. The third-order valence-electron chi connectivity index (χ3n) is 4.82. The van der Waals surface area contributed by atoms with Gasteiger partial charge in [0.05, 0.1) is 22.5 Å². The van der Waals surface area contributed by atoms with Crippen molar-refractivity contribution in [2.45, 2.75) is 24.9 Å². The van der Waals surface area contributed by atoms with Gasteiger partial charge in [0.15, 0.2) is 0 Å². The summed E-state index contributed by atoms with van der Waals surface area (Å²) < 4.78 is 85.8. The zero-order chi connectivity index (χ0) is 22.4. The van der Waals surface area contributed by atoms with E-state index in [0.29, 0.717) is 31.1 Å². The molecule has 2 N–H and O–H groups in total. The fourth-order valence-corrected chi connectivity index (χ4v) is 3.44. The van der Waals surface area contributed by atoms with Crippen molar-refractivity contribution in [2.24, 2.45) is 0 Å². The SMILES string of the molecule is O=C1Nc2nccc(-c3cc(C(F)(F)F)cc(C4=CCNCC4)n3)c2[C@H](C(F)(F)F)O1. The molecule has 2 aliphatic rings. The largest absolute Gasteiger partial charge is 0.431 e. The first kappa shape index (κ1) is 21.1. The number of fused-ring (bicyclic) bond motifs is 1. The Morgan fingerprint density at radius 1 is 1.10 bits per heavy atom. The number of carbonyl (C=O) groups excluding carboxylic acids is 1. The van der Waals surface area contributed by atoms with Crippen LogP contribution in [-0.2, 0) is 10.9 Å². The average molecular weight is 444 g/mol. The molecule has 2 aromatic rings. The molecular formula is C19H14F6N4O2. The summed E-state index contributed by atoms with van der Waals surface area (Å²) in [6, 6.07) is 2.65. The van der Waals surface area contributed by atoms with Gasteiger partial charge in [0.1, 0.15) is 5.82 Å². The lowest BCUT2D eigenvalue weighted by Crippen LogP contribution is -2.34. The number of anilines is 1. The number of hydrogen-bond acceptors (Lipinski definition) is 5. The Balaban J connectivity index is 1.94. The van der Waals surface area contributed by atoms with E-state index in [0.717, 1.165) is 18.3 Å². The maximum Gasteiger partial charge on any atom is 0.430 e. The summed E-state index contributed by atoms with van der Waals surface area (Å²) in [5.74, 6) is -0.446. The molecule has 2 aromatic heterocycles. The minimum absolute atomic E-state index is 0.0150. The number of nitrogens with one attached hydrogen (secondary N) is 2. The lowest BCUT2D eigenvalue weighted by Gasteiger charge is -2.29. The predicted octanol–water partition coefficient (Wildman–Crippen LogP) is 4.70. The molecule has 0 spiro atoms. The van der Waals surface area contributed by atoms with Crippen LogP contribution in [0.15, 0.2) is 30.5 Å². The third kappa shape index (κ3) is 4.20. The number of halogens is 6. The zero-order valence-electron chi connectivity index (χ0n) is 15.6. The molecule has 0 aliphatic carbocycles. The van der Waals surface area contributed by atoms with Gasteiger partial charge < -0.3 is 10.1 Å². The summed E-state index contributed by atoms with van der Waals surface area (Å²) in [5.41, 5.74) is -1.70. The van der Waals surface area contributed by atoms with Crippen LogP contribution in [0, 0.1) is 0 Å². The predicted molar refractivity (Wildman–Crippen MR) is 96.8 cm³/mol. The molecule has 6 nitrogen and oxygen atoms in total. The number of ether oxygens (including phenoxy) is 1. The summed E-state index contributed by atoms with van der Waals surface area (Å²) in [7, 11) is 0. The van der Waals surface area contributed by atoms with Gasteiger partial charge in [-0.05, 0) is 36.7 Å². The molecule has 4 rings (SSSR count). The van der Waals surface area contributed by atoms with E-state index in [1.165, 1.54) is 0 Å². The molecule has 0 bridgehead atoms. The quantitative estimate of drug-likeness (QED) is 0.657. The smallest absolute Gasteiger partial charge is 0.430 e. The second kappa shape index (κ2) is 7.52. The van der Waals surface area contributed by atoms with E-state index in [4.69, 9.17) is 0 Å². The first-order valence-corrected chi connectivity index (χ1v) is 9.07. The number of pyridine rings is 2. The van der Waals surface area contributed by atoms with Gasteiger partial charge in [0.25, 0.3) is 0 Å². The van der Waals surface area contributed by atoms with Crippen LogP contribution in [0.4, 0.5) is 37.0 Å². The number of carbonyl (C=O) groups is 1. The molecule has 1 amide bonds. The molecule has 0 unspecified atom stereocenters. The van der Waals surface area contributed by atoms with Crippen molar-refractivity contribution in [1.82, 2.24) is 15.3 Å². The highest BCUT2D eigenvalue weighted by molar-refractivity contribution is 5.89. The number of amides is 1. The van der Waals surface area contributed by atoms with E-state index in [-0.39, 0.29) is 17.0 Å². The molecule has 12 heteroatoms. The Bertz CT molecular complexity index is 1060. The molecule has 0 radical (unpaired) electrons.